The molecule has 0 radical (unpaired) electrons. The molecule has 0 unspecified atom stereocenters. The number of rotatable bonds is 2. The van der Waals surface area contributed by atoms with Crippen LogP contribution in [0.3, 0.4) is 0 Å². The number of ether oxygens (including phenoxy) is 1. The predicted molar refractivity (Wildman–Crippen MR) is 65.7 cm³/mol. The normalized spacial score (nSPS) is 10.4. The number of pyridine rings is 1. The SMILES string of the molecule is Fc1cc(Cl)c(Oc2cnccc2Cl)c(Cl)c1. The number of aromatic nitrogens is 1. The molecular formula is C11H5Cl3FNO. The molecular weight excluding hydrogens is 287 g/mol. The summed E-state index contributed by atoms with van der Waals surface area (Å²) >= 11 is 17.5. The first-order chi connectivity index (χ1) is 8.08. The number of hydrogen-bond donors (Lipinski definition) is 0. The molecule has 0 atom stereocenters. The average molecular weight is 293 g/mol. The van der Waals surface area contributed by atoms with Gasteiger partial charge in [0.2, 0.25) is 0 Å². The fourth-order valence-corrected chi connectivity index (χ4v) is 1.86. The molecule has 6 heteroatoms. The minimum atomic E-state index is -0.537. The third-order valence-corrected chi connectivity index (χ3v) is 2.78. The fourth-order valence-electron chi connectivity index (χ4n) is 1.17. The minimum Gasteiger partial charge on any atom is -0.451 e. The molecule has 0 aliphatic heterocycles. The zero-order valence-corrected chi connectivity index (χ0v) is 10.5. The molecule has 1 aromatic carbocycles. The van der Waals surface area contributed by atoms with Crippen LogP contribution >= 0.6 is 34.8 Å². The van der Waals surface area contributed by atoms with Crippen LogP contribution in [0, 0.1) is 5.82 Å². The van der Waals surface area contributed by atoms with Crippen LogP contribution in [0.4, 0.5) is 4.39 Å². The number of nitrogens with zero attached hydrogens (tertiary/aromatic N) is 1. The lowest BCUT2D eigenvalue weighted by Gasteiger charge is -2.10. The van der Waals surface area contributed by atoms with Crippen LogP contribution < -0.4 is 4.74 Å². The zero-order chi connectivity index (χ0) is 12.4. The van der Waals surface area contributed by atoms with Crippen LogP contribution in [0.2, 0.25) is 15.1 Å². The van der Waals surface area contributed by atoms with Crippen molar-refractivity contribution in [1.82, 2.24) is 4.98 Å². The van der Waals surface area contributed by atoms with Crippen molar-refractivity contribution in [2.24, 2.45) is 0 Å². The lowest BCUT2D eigenvalue weighted by atomic mass is 10.3. The summed E-state index contributed by atoms with van der Waals surface area (Å²) in [5.41, 5.74) is 0. The van der Waals surface area contributed by atoms with Crippen LogP contribution in [0.5, 0.6) is 11.5 Å². The highest BCUT2D eigenvalue weighted by atomic mass is 35.5. The minimum absolute atomic E-state index is 0.0647. The van der Waals surface area contributed by atoms with Gasteiger partial charge in [-0.3, -0.25) is 4.98 Å². The van der Waals surface area contributed by atoms with Crippen molar-refractivity contribution < 1.29 is 9.13 Å². The Hall–Kier alpha value is -1.03. The summed E-state index contributed by atoms with van der Waals surface area (Å²) in [6.07, 6.45) is 2.93. The average Bonchev–Trinajstić information content (AvgIpc) is 2.25. The van der Waals surface area contributed by atoms with Gasteiger partial charge in [-0.25, -0.2) is 4.39 Å². The summed E-state index contributed by atoms with van der Waals surface area (Å²) in [5, 5.41) is 0.487. The van der Waals surface area contributed by atoms with E-state index in [9.17, 15) is 4.39 Å². The third kappa shape index (κ3) is 2.80. The Morgan fingerprint density at radius 1 is 1.06 bits per heavy atom. The van der Waals surface area contributed by atoms with Crippen LogP contribution in [-0.4, -0.2) is 4.98 Å². The van der Waals surface area contributed by atoms with Gasteiger partial charge in [0, 0.05) is 6.20 Å². The van der Waals surface area contributed by atoms with E-state index in [4.69, 9.17) is 39.5 Å². The van der Waals surface area contributed by atoms with Gasteiger partial charge in [-0.05, 0) is 18.2 Å². The molecule has 0 aliphatic carbocycles. The van der Waals surface area contributed by atoms with E-state index in [2.05, 4.69) is 4.98 Å². The second-order valence-electron chi connectivity index (χ2n) is 3.11. The highest BCUT2D eigenvalue weighted by Gasteiger charge is 2.12. The van der Waals surface area contributed by atoms with Gasteiger partial charge in [0.1, 0.15) is 5.82 Å². The maximum absolute atomic E-state index is 13.0. The summed E-state index contributed by atoms with van der Waals surface area (Å²) in [6.45, 7) is 0. The smallest absolute Gasteiger partial charge is 0.164 e. The van der Waals surface area contributed by atoms with Gasteiger partial charge in [0.15, 0.2) is 11.5 Å². The van der Waals surface area contributed by atoms with Crippen LogP contribution in [0.1, 0.15) is 0 Å². The highest BCUT2D eigenvalue weighted by Crippen LogP contribution is 2.38. The van der Waals surface area contributed by atoms with E-state index in [1.807, 2.05) is 0 Å². The van der Waals surface area contributed by atoms with E-state index in [-0.39, 0.29) is 15.8 Å². The van der Waals surface area contributed by atoms with Crippen molar-refractivity contribution in [1.29, 1.82) is 0 Å². The summed E-state index contributed by atoms with van der Waals surface area (Å²) in [5.74, 6) is -0.0983. The van der Waals surface area contributed by atoms with Gasteiger partial charge in [-0.15, -0.1) is 0 Å². The summed E-state index contributed by atoms with van der Waals surface area (Å²) < 4.78 is 18.4. The first-order valence-corrected chi connectivity index (χ1v) is 5.63. The molecule has 2 aromatic rings. The second-order valence-corrected chi connectivity index (χ2v) is 4.33. The highest BCUT2D eigenvalue weighted by molar-refractivity contribution is 6.37. The molecule has 2 nitrogen and oxygen atoms in total. The molecule has 0 saturated carbocycles. The zero-order valence-electron chi connectivity index (χ0n) is 8.25. The molecule has 0 spiro atoms. The van der Waals surface area contributed by atoms with Gasteiger partial charge >= 0.3 is 0 Å². The molecule has 17 heavy (non-hydrogen) atoms. The van der Waals surface area contributed by atoms with E-state index < -0.39 is 5.82 Å². The van der Waals surface area contributed by atoms with Crippen LogP contribution in [0.15, 0.2) is 30.6 Å². The summed E-state index contributed by atoms with van der Waals surface area (Å²) in [4.78, 5) is 3.85. The van der Waals surface area contributed by atoms with Crippen molar-refractivity contribution in [3.05, 3.63) is 51.5 Å². The molecule has 1 heterocycles. The van der Waals surface area contributed by atoms with Gasteiger partial charge in [-0.1, -0.05) is 34.8 Å². The standard InChI is InChI=1S/C11H5Cl3FNO/c12-7-1-2-16-5-10(7)17-11-8(13)3-6(15)4-9(11)14/h1-5H. The van der Waals surface area contributed by atoms with Gasteiger partial charge in [0.25, 0.3) is 0 Å². The molecule has 1 aromatic heterocycles. The number of hydrogen-bond acceptors (Lipinski definition) is 2. The topological polar surface area (TPSA) is 22.1 Å². The van der Waals surface area contributed by atoms with Crippen molar-refractivity contribution in [3.63, 3.8) is 0 Å². The van der Waals surface area contributed by atoms with E-state index in [0.717, 1.165) is 12.1 Å². The van der Waals surface area contributed by atoms with E-state index >= 15 is 0 Å². The monoisotopic (exact) mass is 291 g/mol. The molecule has 0 amide bonds. The second kappa shape index (κ2) is 5.08. The lowest BCUT2D eigenvalue weighted by molar-refractivity contribution is 0.479. The predicted octanol–water partition coefficient (Wildman–Crippen LogP) is 4.97. The molecule has 0 fully saturated rings. The molecule has 0 saturated heterocycles. The van der Waals surface area contributed by atoms with Crippen LogP contribution in [-0.2, 0) is 0 Å². The van der Waals surface area contributed by atoms with Crippen molar-refractivity contribution in [3.8, 4) is 11.5 Å². The Labute approximate surface area is 112 Å². The lowest BCUT2D eigenvalue weighted by Crippen LogP contribution is -1.89. The first-order valence-electron chi connectivity index (χ1n) is 4.50. The maximum Gasteiger partial charge on any atom is 0.164 e. The Morgan fingerprint density at radius 3 is 2.29 bits per heavy atom. The molecule has 88 valence electrons. The third-order valence-electron chi connectivity index (χ3n) is 1.91. The first kappa shape index (κ1) is 12.4. The van der Waals surface area contributed by atoms with E-state index in [0.29, 0.717) is 10.8 Å². The van der Waals surface area contributed by atoms with E-state index in [1.54, 1.807) is 6.07 Å². The molecule has 2 rings (SSSR count). The molecule has 0 aliphatic rings. The summed E-state index contributed by atoms with van der Waals surface area (Å²) in [6, 6.07) is 3.77. The fraction of sp³-hybridized carbons (Fsp3) is 0. The van der Waals surface area contributed by atoms with Gasteiger partial charge in [0.05, 0.1) is 21.3 Å². The number of halogens is 4. The summed E-state index contributed by atoms with van der Waals surface area (Å²) in [7, 11) is 0. The Bertz CT molecular complexity index is 539. The molecule has 0 bridgehead atoms. The Kier molecular flexibility index (Phi) is 3.72. The Morgan fingerprint density at radius 2 is 1.71 bits per heavy atom. The quantitative estimate of drug-likeness (QED) is 0.779. The van der Waals surface area contributed by atoms with Gasteiger partial charge < -0.3 is 4.74 Å². The van der Waals surface area contributed by atoms with Crippen molar-refractivity contribution in [2.75, 3.05) is 0 Å². The van der Waals surface area contributed by atoms with E-state index in [1.165, 1.54) is 12.4 Å². The molecule has 0 N–H and O–H groups in total. The number of benzene rings is 1. The Balaban J connectivity index is 2.40. The van der Waals surface area contributed by atoms with Crippen molar-refractivity contribution in [2.45, 2.75) is 0 Å². The van der Waals surface area contributed by atoms with Crippen molar-refractivity contribution >= 4 is 34.8 Å². The largest absolute Gasteiger partial charge is 0.451 e. The van der Waals surface area contributed by atoms with Gasteiger partial charge in [-0.2, -0.15) is 0 Å². The van der Waals surface area contributed by atoms with Crippen LogP contribution in [0.25, 0.3) is 0 Å². The maximum atomic E-state index is 13.0.